The van der Waals surface area contributed by atoms with Crippen molar-refractivity contribution < 1.29 is 14.7 Å². The minimum Gasteiger partial charge on any atom is -0.476 e. The van der Waals surface area contributed by atoms with Crippen molar-refractivity contribution in [1.82, 2.24) is 15.6 Å². The number of carboxylic acids is 1. The smallest absolute Gasteiger partial charge is 0.355 e. The second-order valence-corrected chi connectivity index (χ2v) is 5.85. The summed E-state index contributed by atoms with van der Waals surface area (Å²) in [7, 11) is 0. The van der Waals surface area contributed by atoms with Crippen molar-refractivity contribution in [2.24, 2.45) is 0 Å². The lowest BCUT2D eigenvalue weighted by Gasteiger charge is -2.28. The maximum absolute atomic E-state index is 11.9. The molecule has 6 nitrogen and oxygen atoms in total. The molecule has 1 unspecified atom stereocenters. The summed E-state index contributed by atoms with van der Waals surface area (Å²) in [5.74, 6) is -1.06. The first-order valence-corrected chi connectivity index (χ1v) is 7.46. The van der Waals surface area contributed by atoms with E-state index in [0.29, 0.717) is 5.01 Å². The number of aromatic carboxylic acids is 1. The Morgan fingerprint density at radius 1 is 1.45 bits per heavy atom. The van der Waals surface area contributed by atoms with E-state index in [-0.39, 0.29) is 23.3 Å². The topological polar surface area (TPSA) is 91.3 Å². The fraction of sp³-hybridized carbons (Fsp3) is 0.615. The van der Waals surface area contributed by atoms with E-state index in [0.717, 1.165) is 12.8 Å². The number of carbonyl (C=O) groups excluding carboxylic acids is 1. The minimum atomic E-state index is -1.06. The summed E-state index contributed by atoms with van der Waals surface area (Å²) < 4.78 is 0. The SMILES string of the molecule is CCC(C)(CC)NC(=O)NC(C)c1nc(C(=O)O)cs1. The number of urea groups is 1. The molecule has 0 fully saturated rings. The molecule has 0 aliphatic rings. The van der Waals surface area contributed by atoms with Crippen LogP contribution >= 0.6 is 11.3 Å². The predicted octanol–water partition coefficient (Wildman–Crippen LogP) is 2.78. The predicted molar refractivity (Wildman–Crippen MR) is 78.1 cm³/mol. The molecular weight excluding hydrogens is 278 g/mol. The Morgan fingerprint density at radius 2 is 2.05 bits per heavy atom. The van der Waals surface area contributed by atoms with E-state index in [9.17, 15) is 9.59 Å². The Balaban J connectivity index is 2.63. The summed E-state index contributed by atoms with van der Waals surface area (Å²) in [6, 6.07) is -0.596. The molecule has 3 N–H and O–H groups in total. The zero-order valence-electron chi connectivity index (χ0n) is 12.2. The van der Waals surface area contributed by atoms with Crippen LogP contribution in [-0.4, -0.2) is 27.6 Å². The molecule has 1 aromatic rings. The molecule has 1 heterocycles. The Labute approximate surface area is 122 Å². The number of amides is 2. The van der Waals surface area contributed by atoms with Crippen LogP contribution in [0.25, 0.3) is 0 Å². The van der Waals surface area contributed by atoms with Crippen molar-refractivity contribution >= 4 is 23.3 Å². The molecule has 0 aliphatic heterocycles. The summed E-state index contributed by atoms with van der Waals surface area (Å²) >= 11 is 1.22. The van der Waals surface area contributed by atoms with E-state index in [4.69, 9.17) is 5.11 Å². The summed E-state index contributed by atoms with van der Waals surface area (Å²) in [6.45, 7) is 7.81. The molecule has 0 saturated heterocycles. The maximum Gasteiger partial charge on any atom is 0.355 e. The van der Waals surface area contributed by atoms with Gasteiger partial charge < -0.3 is 15.7 Å². The highest BCUT2D eigenvalue weighted by Crippen LogP contribution is 2.18. The van der Waals surface area contributed by atoms with Gasteiger partial charge in [0.1, 0.15) is 5.01 Å². The quantitative estimate of drug-likeness (QED) is 0.753. The number of rotatable bonds is 6. The summed E-state index contributed by atoms with van der Waals surface area (Å²) in [6.07, 6.45) is 1.68. The summed E-state index contributed by atoms with van der Waals surface area (Å²) in [5, 5.41) is 16.6. The van der Waals surface area contributed by atoms with E-state index in [1.165, 1.54) is 16.7 Å². The van der Waals surface area contributed by atoms with Gasteiger partial charge in [-0.3, -0.25) is 0 Å². The highest BCUT2D eigenvalue weighted by Gasteiger charge is 2.23. The largest absolute Gasteiger partial charge is 0.476 e. The third-order valence-electron chi connectivity index (χ3n) is 3.44. The van der Waals surface area contributed by atoms with Gasteiger partial charge in [0.2, 0.25) is 0 Å². The lowest BCUT2D eigenvalue weighted by atomic mass is 9.96. The molecule has 7 heteroatoms. The van der Waals surface area contributed by atoms with Gasteiger partial charge in [0.05, 0.1) is 6.04 Å². The number of thiazole rings is 1. The van der Waals surface area contributed by atoms with Crippen molar-refractivity contribution in [3.63, 3.8) is 0 Å². The number of hydrogen-bond acceptors (Lipinski definition) is 4. The van der Waals surface area contributed by atoms with Crippen LogP contribution in [0.15, 0.2) is 5.38 Å². The maximum atomic E-state index is 11.9. The zero-order chi connectivity index (χ0) is 15.3. The molecule has 1 aromatic heterocycles. The van der Waals surface area contributed by atoms with Crippen LogP contribution in [0.2, 0.25) is 0 Å². The molecule has 20 heavy (non-hydrogen) atoms. The van der Waals surface area contributed by atoms with Crippen LogP contribution in [0.3, 0.4) is 0 Å². The van der Waals surface area contributed by atoms with Gasteiger partial charge in [-0.25, -0.2) is 14.6 Å². The van der Waals surface area contributed by atoms with Crippen molar-refractivity contribution in [1.29, 1.82) is 0 Å². The van der Waals surface area contributed by atoms with Gasteiger partial charge in [0.15, 0.2) is 5.69 Å². The second-order valence-electron chi connectivity index (χ2n) is 4.96. The van der Waals surface area contributed by atoms with Gasteiger partial charge in [0.25, 0.3) is 0 Å². The number of aromatic nitrogens is 1. The van der Waals surface area contributed by atoms with Crippen molar-refractivity contribution in [3.05, 3.63) is 16.1 Å². The molecule has 1 rings (SSSR count). The van der Waals surface area contributed by atoms with Gasteiger partial charge in [-0.15, -0.1) is 11.3 Å². The third kappa shape index (κ3) is 4.19. The van der Waals surface area contributed by atoms with Crippen LogP contribution in [0.4, 0.5) is 4.79 Å². The van der Waals surface area contributed by atoms with E-state index in [1.807, 2.05) is 20.8 Å². The van der Waals surface area contributed by atoms with Crippen LogP contribution in [0, 0.1) is 0 Å². The molecule has 0 aromatic carbocycles. The molecule has 112 valence electrons. The Morgan fingerprint density at radius 3 is 2.50 bits per heavy atom. The average Bonchev–Trinajstić information content (AvgIpc) is 2.88. The van der Waals surface area contributed by atoms with Crippen LogP contribution in [0.5, 0.6) is 0 Å². The Kier molecular flexibility index (Phi) is 5.50. The van der Waals surface area contributed by atoms with Gasteiger partial charge >= 0.3 is 12.0 Å². The van der Waals surface area contributed by atoms with Gasteiger partial charge in [0, 0.05) is 10.9 Å². The van der Waals surface area contributed by atoms with Crippen LogP contribution < -0.4 is 10.6 Å². The number of nitrogens with zero attached hydrogens (tertiary/aromatic N) is 1. The summed E-state index contributed by atoms with van der Waals surface area (Å²) in [4.78, 5) is 26.7. The second kappa shape index (κ2) is 6.69. The molecule has 0 spiro atoms. The average molecular weight is 299 g/mol. The van der Waals surface area contributed by atoms with E-state index in [1.54, 1.807) is 6.92 Å². The van der Waals surface area contributed by atoms with Crippen molar-refractivity contribution in [2.75, 3.05) is 0 Å². The fourth-order valence-corrected chi connectivity index (χ4v) is 2.38. The molecular formula is C13H21N3O3S. The molecule has 0 radical (unpaired) electrons. The van der Waals surface area contributed by atoms with E-state index < -0.39 is 5.97 Å². The monoisotopic (exact) mass is 299 g/mol. The lowest BCUT2D eigenvalue weighted by Crippen LogP contribution is -2.50. The Bertz CT molecular complexity index is 483. The number of carboxylic acid groups (broad SMARTS) is 1. The van der Waals surface area contributed by atoms with E-state index >= 15 is 0 Å². The van der Waals surface area contributed by atoms with Gasteiger partial charge in [-0.05, 0) is 26.7 Å². The first kappa shape index (κ1) is 16.4. The number of carbonyl (C=O) groups is 2. The number of nitrogens with one attached hydrogen (secondary N) is 2. The Hall–Kier alpha value is -1.63. The van der Waals surface area contributed by atoms with Crippen LogP contribution in [0.1, 0.15) is 62.1 Å². The van der Waals surface area contributed by atoms with Crippen molar-refractivity contribution in [3.8, 4) is 0 Å². The number of hydrogen-bond donors (Lipinski definition) is 3. The van der Waals surface area contributed by atoms with Crippen LogP contribution in [-0.2, 0) is 0 Å². The highest BCUT2D eigenvalue weighted by molar-refractivity contribution is 7.09. The molecule has 0 bridgehead atoms. The molecule has 1 atom stereocenters. The molecule has 0 saturated carbocycles. The lowest BCUT2D eigenvalue weighted by molar-refractivity contribution is 0.0691. The third-order valence-corrected chi connectivity index (χ3v) is 4.46. The summed E-state index contributed by atoms with van der Waals surface area (Å²) in [5.41, 5.74) is -0.232. The fourth-order valence-electron chi connectivity index (χ4n) is 1.58. The minimum absolute atomic E-state index is 0.00557. The van der Waals surface area contributed by atoms with Gasteiger partial charge in [-0.1, -0.05) is 13.8 Å². The first-order valence-electron chi connectivity index (χ1n) is 6.58. The normalized spacial score (nSPS) is 12.8. The molecule has 0 aliphatic carbocycles. The van der Waals surface area contributed by atoms with Crippen molar-refractivity contribution in [2.45, 2.75) is 52.1 Å². The molecule has 2 amide bonds. The first-order chi connectivity index (χ1) is 9.31. The zero-order valence-corrected chi connectivity index (χ0v) is 13.0. The standard InChI is InChI=1S/C13H21N3O3S/c1-5-13(4,6-2)16-12(19)14-8(3)10-15-9(7-20-10)11(17)18/h7-8H,5-6H2,1-4H3,(H,17,18)(H2,14,16,19). The van der Waals surface area contributed by atoms with Gasteiger partial charge in [-0.2, -0.15) is 0 Å². The van der Waals surface area contributed by atoms with E-state index in [2.05, 4.69) is 15.6 Å². The highest BCUT2D eigenvalue weighted by atomic mass is 32.1.